The second-order valence-corrected chi connectivity index (χ2v) is 13.7. The maximum Gasteiger partial charge on any atom is 0.167 e. The molecule has 2 heterocycles. The van der Waals surface area contributed by atoms with Crippen LogP contribution in [0.15, 0.2) is 119 Å². The van der Waals surface area contributed by atoms with Gasteiger partial charge in [-0.1, -0.05) is 79.7 Å². The van der Waals surface area contributed by atoms with Crippen LogP contribution in [0.5, 0.6) is 0 Å². The zero-order chi connectivity index (χ0) is 27.1. The van der Waals surface area contributed by atoms with Crippen LogP contribution in [0.3, 0.4) is 0 Å². The molecule has 4 aliphatic rings. The summed E-state index contributed by atoms with van der Waals surface area (Å²) in [6.07, 6.45) is 23.1. The van der Waals surface area contributed by atoms with Crippen LogP contribution in [-0.4, -0.2) is 0 Å². The first-order chi connectivity index (χ1) is 17.8. The van der Waals surface area contributed by atoms with Gasteiger partial charge in [0.15, 0.2) is 24.8 Å². The molecule has 4 aliphatic carbocycles. The summed E-state index contributed by atoms with van der Waals surface area (Å²) >= 11 is 0. The second-order valence-electron chi connectivity index (χ2n) is 13.7. The minimum Gasteiger partial charge on any atom is -0.218 e. The molecule has 0 spiro atoms. The number of rotatable bonds is 2. The summed E-state index contributed by atoms with van der Waals surface area (Å²) in [5.41, 5.74) is 13.3. The van der Waals surface area contributed by atoms with Gasteiger partial charge >= 0.3 is 0 Å². The molecule has 2 heteroatoms. The van der Waals surface area contributed by atoms with Crippen LogP contribution in [0.2, 0.25) is 0 Å². The van der Waals surface area contributed by atoms with Gasteiger partial charge in [-0.15, -0.1) is 0 Å². The highest BCUT2D eigenvalue weighted by Crippen LogP contribution is 2.70. The minimum atomic E-state index is -0.198. The molecule has 0 amide bonds. The molecule has 0 saturated heterocycles. The lowest BCUT2D eigenvalue weighted by molar-refractivity contribution is -0.378. The van der Waals surface area contributed by atoms with Crippen molar-refractivity contribution in [2.45, 2.75) is 55.4 Å². The molecule has 0 radical (unpaired) electrons. The normalized spacial score (nSPS) is 26.4. The van der Waals surface area contributed by atoms with Crippen LogP contribution < -0.4 is 9.97 Å². The van der Waals surface area contributed by atoms with Crippen LogP contribution in [0.1, 0.15) is 66.5 Å². The molecular weight excluding hydrogens is 460 g/mol. The number of hydrogen-bond acceptors (Lipinski definition) is 0. The second kappa shape index (κ2) is 7.99. The standard InChI is InChI=1S/C36H38N2/c1-33(2,3)25-17-27-19-30(24-11-15-38-16-12-24)32-22-26(34(4,5)6)18-28-20-29(23-9-13-37-14-10-23)31(21-25)35(27,7)36(28,32)8/h9-22H,1-8H3/p+2/t35-,36+. The first kappa shape index (κ1) is 24.8. The van der Waals surface area contributed by atoms with Gasteiger partial charge in [-0.2, -0.15) is 0 Å². The van der Waals surface area contributed by atoms with E-state index in [2.05, 4.69) is 126 Å². The van der Waals surface area contributed by atoms with Crippen molar-refractivity contribution in [2.75, 3.05) is 0 Å². The molecule has 0 aliphatic heterocycles. The fraction of sp³-hybridized carbons (Fsp3) is 0.333. The van der Waals surface area contributed by atoms with Crippen molar-refractivity contribution >= 4 is 11.1 Å². The van der Waals surface area contributed by atoms with Crippen molar-refractivity contribution in [3.63, 3.8) is 0 Å². The van der Waals surface area contributed by atoms with Gasteiger partial charge in [0.2, 0.25) is 0 Å². The molecule has 38 heavy (non-hydrogen) atoms. The van der Waals surface area contributed by atoms with Gasteiger partial charge in [0.1, 0.15) is 0 Å². The van der Waals surface area contributed by atoms with Crippen molar-refractivity contribution in [1.82, 2.24) is 0 Å². The molecule has 2 atom stereocenters. The van der Waals surface area contributed by atoms with E-state index in [0.29, 0.717) is 0 Å². The van der Waals surface area contributed by atoms with Crippen molar-refractivity contribution in [1.29, 1.82) is 0 Å². The summed E-state index contributed by atoms with van der Waals surface area (Å²) in [5, 5.41) is 0. The van der Waals surface area contributed by atoms with Gasteiger partial charge < -0.3 is 0 Å². The van der Waals surface area contributed by atoms with Gasteiger partial charge in [-0.25, -0.2) is 9.97 Å². The lowest BCUT2D eigenvalue weighted by atomic mass is 9.43. The fourth-order valence-electron chi connectivity index (χ4n) is 6.74. The lowest BCUT2D eigenvalue weighted by Gasteiger charge is -2.59. The summed E-state index contributed by atoms with van der Waals surface area (Å²) in [7, 11) is 0. The Morgan fingerprint density at radius 2 is 1.08 bits per heavy atom. The summed E-state index contributed by atoms with van der Waals surface area (Å²) < 4.78 is 0. The molecule has 0 fully saturated rings. The third-order valence-corrected chi connectivity index (χ3v) is 9.42. The van der Waals surface area contributed by atoms with Crippen molar-refractivity contribution < 1.29 is 9.97 Å². The molecule has 2 aromatic rings. The van der Waals surface area contributed by atoms with Gasteiger partial charge in [0, 0.05) is 35.1 Å². The first-order valence-electron chi connectivity index (χ1n) is 13.9. The average Bonchev–Trinajstić information content (AvgIpc) is 2.86. The highest BCUT2D eigenvalue weighted by molar-refractivity contribution is 5.94. The quantitative estimate of drug-likeness (QED) is 0.400. The Labute approximate surface area is 228 Å². The highest BCUT2D eigenvalue weighted by Gasteiger charge is 2.59. The third kappa shape index (κ3) is 3.39. The molecule has 2 nitrogen and oxygen atoms in total. The van der Waals surface area contributed by atoms with Gasteiger partial charge in [0.05, 0.1) is 0 Å². The molecule has 2 N–H and O–H groups in total. The lowest BCUT2D eigenvalue weighted by Crippen LogP contribution is -2.49. The predicted molar refractivity (Wildman–Crippen MR) is 156 cm³/mol. The molecular formula is C36H40N2+2. The highest BCUT2D eigenvalue weighted by atomic mass is 14.6. The first-order valence-corrected chi connectivity index (χ1v) is 13.9. The summed E-state index contributed by atoms with van der Waals surface area (Å²) in [6.45, 7) is 18.9. The zero-order valence-electron chi connectivity index (χ0n) is 24.1. The largest absolute Gasteiger partial charge is 0.218 e. The summed E-state index contributed by atoms with van der Waals surface area (Å²) in [5.74, 6) is 0. The van der Waals surface area contributed by atoms with Crippen LogP contribution in [-0.2, 0) is 0 Å². The van der Waals surface area contributed by atoms with E-state index in [9.17, 15) is 0 Å². The Bertz CT molecular complexity index is 1560. The maximum atomic E-state index is 3.22. The molecule has 2 aromatic heterocycles. The maximum absolute atomic E-state index is 3.22. The van der Waals surface area contributed by atoms with Crippen LogP contribution in [0, 0.1) is 21.7 Å². The van der Waals surface area contributed by atoms with E-state index >= 15 is 0 Å². The zero-order valence-corrected chi connectivity index (χ0v) is 24.1. The molecule has 0 bridgehead atoms. The Hall–Kier alpha value is -3.52. The predicted octanol–water partition coefficient (Wildman–Crippen LogP) is 7.94. The number of nitrogens with one attached hydrogen (secondary N) is 2. The van der Waals surface area contributed by atoms with Crippen molar-refractivity contribution in [3.05, 3.63) is 130 Å². The van der Waals surface area contributed by atoms with Gasteiger partial charge in [-0.05, 0) is 78.7 Å². The Balaban J connectivity index is 1.77. The van der Waals surface area contributed by atoms with Crippen LogP contribution in [0.4, 0.5) is 0 Å². The minimum absolute atomic E-state index is 0.0412. The Morgan fingerprint density at radius 1 is 0.553 bits per heavy atom. The Morgan fingerprint density at radius 3 is 1.66 bits per heavy atom. The van der Waals surface area contributed by atoms with E-state index in [-0.39, 0.29) is 21.7 Å². The van der Waals surface area contributed by atoms with E-state index in [1.54, 1.807) is 0 Å². The van der Waals surface area contributed by atoms with Crippen LogP contribution in [0.25, 0.3) is 11.1 Å². The van der Waals surface area contributed by atoms with E-state index in [4.69, 9.17) is 0 Å². The fourth-order valence-corrected chi connectivity index (χ4v) is 6.74. The smallest absolute Gasteiger partial charge is 0.167 e. The molecule has 0 aromatic carbocycles. The average molecular weight is 501 g/mol. The van der Waals surface area contributed by atoms with E-state index < -0.39 is 0 Å². The van der Waals surface area contributed by atoms with E-state index in [0.717, 1.165) is 0 Å². The Kier molecular flexibility index (Phi) is 5.21. The number of hydrogen-bond donors (Lipinski definition) is 0. The molecule has 192 valence electrons. The SMILES string of the molecule is CC(C)(C)C1=CC2=CC(c3cc[nH+]cc3)=C3C=C(C(C)(C)C)C=C4C=C(c5cc[nH+]cc5)C(=C1)[C@@]2(C)[C@]43C. The van der Waals surface area contributed by atoms with Crippen molar-refractivity contribution in [3.8, 4) is 0 Å². The topological polar surface area (TPSA) is 28.3 Å². The van der Waals surface area contributed by atoms with Gasteiger partial charge in [0.25, 0.3) is 0 Å². The van der Waals surface area contributed by atoms with Crippen LogP contribution >= 0.6 is 0 Å². The van der Waals surface area contributed by atoms with E-state index in [1.807, 2.05) is 24.8 Å². The molecule has 0 unspecified atom stereocenters. The third-order valence-electron chi connectivity index (χ3n) is 9.42. The monoisotopic (exact) mass is 500 g/mol. The number of aromatic nitrogens is 2. The number of allylic oxidation sites excluding steroid dienone is 14. The number of aromatic amines is 2. The number of H-pyrrole nitrogens is 2. The molecule has 0 saturated carbocycles. The molecule has 6 rings (SSSR count). The van der Waals surface area contributed by atoms with E-state index in [1.165, 1.54) is 55.7 Å². The summed E-state index contributed by atoms with van der Waals surface area (Å²) in [6, 6.07) is 8.86. The van der Waals surface area contributed by atoms with Crippen molar-refractivity contribution in [2.24, 2.45) is 21.7 Å². The summed E-state index contributed by atoms with van der Waals surface area (Å²) in [4.78, 5) is 6.45. The number of pyridine rings is 2. The van der Waals surface area contributed by atoms with Gasteiger partial charge in [-0.3, -0.25) is 0 Å².